The highest BCUT2D eigenvalue weighted by Gasteiger charge is 2.07. The average Bonchev–Trinajstić information content (AvgIpc) is 3.13. The lowest BCUT2D eigenvalue weighted by atomic mass is 10.1. The lowest BCUT2D eigenvalue weighted by molar-refractivity contribution is -0.118. The molecule has 0 spiro atoms. The van der Waals surface area contributed by atoms with Gasteiger partial charge in [-0.1, -0.05) is 38.1 Å². The third-order valence-electron chi connectivity index (χ3n) is 5.04. The molecule has 1 aromatic heterocycles. The number of H-pyrrole nitrogens is 1. The van der Waals surface area contributed by atoms with Crippen molar-refractivity contribution in [2.24, 2.45) is 10.9 Å². The number of hydrogen-bond donors (Lipinski definition) is 4. The van der Waals surface area contributed by atoms with E-state index in [1.165, 1.54) is 22.0 Å². The van der Waals surface area contributed by atoms with Crippen LogP contribution in [0.1, 0.15) is 30.5 Å². The van der Waals surface area contributed by atoms with Gasteiger partial charge in [-0.3, -0.25) is 9.79 Å². The first-order valence-electron chi connectivity index (χ1n) is 10.4. The average molecular weight is 406 g/mol. The zero-order chi connectivity index (χ0) is 21.5. The molecule has 0 aliphatic rings. The first-order chi connectivity index (χ1) is 14.5. The molecule has 158 valence electrons. The fourth-order valence-corrected chi connectivity index (χ4v) is 3.22. The molecule has 0 unspecified atom stereocenters. The number of carbonyl (C=O) groups is 1. The van der Waals surface area contributed by atoms with Crippen molar-refractivity contribution in [3.05, 3.63) is 65.4 Å². The maximum Gasteiger partial charge on any atom is 0.226 e. The van der Waals surface area contributed by atoms with Crippen LogP contribution in [0.25, 0.3) is 10.9 Å². The van der Waals surface area contributed by atoms with Crippen LogP contribution in [0.4, 0.5) is 5.69 Å². The highest BCUT2D eigenvalue weighted by molar-refractivity contribution is 5.92. The first-order valence-corrected chi connectivity index (χ1v) is 10.4. The fourth-order valence-electron chi connectivity index (χ4n) is 3.22. The molecule has 3 aromatic rings. The number of hydrogen-bond acceptors (Lipinski definition) is 2. The van der Waals surface area contributed by atoms with E-state index in [1.54, 1.807) is 7.05 Å². The van der Waals surface area contributed by atoms with Crippen molar-refractivity contribution in [1.29, 1.82) is 0 Å². The van der Waals surface area contributed by atoms with Crippen molar-refractivity contribution in [3.8, 4) is 0 Å². The Morgan fingerprint density at radius 2 is 1.87 bits per heavy atom. The molecule has 6 heteroatoms. The molecule has 0 aliphatic carbocycles. The molecule has 6 nitrogen and oxygen atoms in total. The maximum absolute atomic E-state index is 11.8. The summed E-state index contributed by atoms with van der Waals surface area (Å²) < 4.78 is 0. The van der Waals surface area contributed by atoms with E-state index in [1.807, 2.05) is 38.1 Å². The van der Waals surface area contributed by atoms with Crippen LogP contribution in [0.15, 0.2) is 53.7 Å². The summed E-state index contributed by atoms with van der Waals surface area (Å²) in [5, 5.41) is 10.9. The van der Waals surface area contributed by atoms with Gasteiger partial charge in [0.1, 0.15) is 0 Å². The van der Waals surface area contributed by atoms with Crippen LogP contribution in [0.2, 0.25) is 0 Å². The lowest BCUT2D eigenvalue weighted by Gasteiger charge is -2.12. The molecule has 2 aromatic carbocycles. The Kier molecular flexibility index (Phi) is 7.12. The standard InChI is InChI=1S/C24H31N5O/c1-16(2)23(30)29-20-8-6-18(7-9-20)14-28-24(25-4)26-12-11-19-15-27-22-13-17(3)5-10-21(19)22/h5-10,13,15-16,27H,11-12,14H2,1-4H3,(H,29,30)(H2,25,26,28). The lowest BCUT2D eigenvalue weighted by Crippen LogP contribution is -2.37. The molecule has 1 amide bonds. The van der Waals surface area contributed by atoms with Gasteiger partial charge in [-0.25, -0.2) is 0 Å². The van der Waals surface area contributed by atoms with E-state index >= 15 is 0 Å². The number of carbonyl (C=O) groups excluding carboxylic acids is 1. The molecule has 0 atom stereocenters. The number of nitrogens with zero attached hydrogens (tertiary/aromatic N) is 1. The molecule has 0 fully saturated rings. The van der Waals surface area contributed by atoms with Crippen LogP contribution in [0, 0.1) is 12.8 Å². The second kappa shape index (κ2) is 9.96. The van der Waals surface area contributed by atoms with Gasteiger partial charge in [0.15, 0.2) is 5.96 Å². The van der Waals surface area contributed by atoms with Crippen LogP contribution in [0.5, 0.6) is 0 Å². The Morgan fingerprint density at radius 3 is 2.57 bits per heavy atom. The molecule has 0 bridgehead atoms. The smallest absolute Gasteiger partial charge is 0.226 e. The number of aromatic nitrogens is 1. The van der Waals surface area contributed by atoms with Crippen molar-refractivity contribution in [1.82, 2.24) is 15.6 Å². The summed E-state index contributed by atoms with van der Waals surface area (Å²) in [6.45, 7) is 7.31. The minimum absolute atomic E-state index is 0.0239. The second-order valence-corrected chi connectivity index (χ2v) is 7.81. The number of aromatic amines is 1. The number of benzene rings is 2. The van der Waals surface area contributed by atoms with Gasteiger partial charge < -0.3 is 20.9 Å². The van der Waals surface area contributed by atoms with Gasteiger partial charge in [0.2, 0.25) is 5.91 Å². The Balaban J connectivity index is 1.47. The Hall–Kier alpha value is -3.28. The normalized spacial score (nSPS) is 11.7. The van der Waals surface area contributed by atoms with Crippen LogP contribution in [-0.2, 0) is 17.8 Å². The van der Waals surface area contributed by atoms with Crippen LogP contribution in [-0.4, -0.2) is 30.4 Å². The monoisotopic (exact) mass is 405 g/mol. The first kappa shape index (κ1) is 21.4. The molecule has 4 N–H and O–H groups in total. The largest absolute Gasteiger partial charge is 0.361 e. The highest BCUT2D eigenvalue weighted by atomic mass is 16.1. The van der Waals surface area contributed by atoms with E-state index in [4.69, 9.17) is 0 Å². The summed E-state index contributed by atoms with van der Waals surface area (Å²) in [5.41, 5.74) is 5.67. The molecule has 0 radical (unpaired) electrons. The maximum atomic E-state index is 11.8. The second-order valence-electron chi connectivity index (χ2n) is 7.81. The van der Waals surface area contributed by atoms with E-state index in [0.29, 0.717) is 6.54 Å². The predicted molar refractivity (Wildman–Crippen MR) is 125 cm³/mol. The van der Waals surface area contributed by atoms with E-state index in [2.05, 4.69) is 57.2 Å². The van der Waals surface area contributed by atoms with Gasteiger partial charge in [-0.15, -0.1) is 0 Å². The third kappa shape index (κ3) is 5.63. The van der Waals surface area contributed by atoms with Crippen molar-refractivity contribution < 1.29 is 4.79 Å². The van der Waals surface area contributed by atoms with Gasteiger partial charge in [-0.05, 0) is 48.2 Å². The summed E-state index contributed by atoms with van der Waals surface area (Å²) in [7, 11) is 1.77. The summed E-state index contributed by atoms with van der Waals surface area (Å²) in [6, 6.07) is 14.4. The fraction of sp³-hybridized carbons (Fsp3) is 0.333. The topological polar surface area (TPSA) is 81.3 Å². The van der Waals surface area contributed by atoms with Crippen molar-refractivity contribution in [2.45, 2.75) is 33.7 Å². The summed E-state index contributed by atoms with van der Waals surface area (Å²) in [5.74, 6) is 0.757. The van der Waals surface area contributed by atoms with E-state index in [0.717, 1.165) is 30.2 Å². The molecule has 3 rings (SSSR count). The number of aryl methyl sites for hydroxylation is 1. The Bertz CT molecular complexity index is 1020. The van der Waals surface area contributed by atoms with Gasteiger partial charge in [0.25, 0.3) is 0 Å². The molecule has 0 aliphatic heterocycles. The van der Waals surface area contributed by atoms with E-state index in [9.17, 15) is 4.79 Å². The van der Waals surface area contributed by atoms with E-state index in [-0.39, 0.29) is 11.8 Å². The zero-order valence-corrected chi connectivity index (χ0v) is 18.2. The number of rotatable bonds is 7. The number of aliphatic imine (C=N–C) groups is 1. The SMILES string of the molecule is CN=C(NCCc1c[nH]c2cc(C)ccc12)NCc1ccc(NC(=O)C(C)C)cc1. The van der Waals surface area contributed by atoms with Crippen molar-refractivity contribution in [3.63, 3.8) is 0 Å². The van der Waals surface area contributed by atoms with Crippen LogP contribution >= 0.6 is 0 Å². The van der Waals surface area contributed by atoms with Crippen LogP contribution in [0.3, 0.4) is 0 Å². The number of nitrogens with one attached hydrogen (secondary N) is 4. The minimum Gasteiger partial charge on any atom is -0.361 e. The summed E-state index contributed by atoms with van der Waals surface area (Å²) in [6.07, 6.45) is 3.00. The molecule has 1 heterocycles. The molecular formula is C24H31N5O. The number of fused-ring (bicyclic) bond motifs is 1. The number of amides is 1. The van der Waals surface area contributed by atoms with Crippen molar-refractivity contribution in [2.75, 3.05) is 18.9 Å². The number of anilines is 1. The highest BCUT2D eigenvalue weighted by Crippen LogP contribution is 2.19. The summed E-state index contributed by atoms with van der Waals surface area (Å²) >= 11 is 0. The Labute approximate surface area is 178 Å². The van der Waals surface area contributed by atoms with Gasteiger partial charge in [-0.2, -0.15) is 0 Å². The van der Waals surface area contributed by atoms with Gasteiger partial charge in [0.05, 0.1) is 0 Å². The quantitative estimate of drug-likeness (QED) is 0.355. The zero-order valence-electron chi connectivity index (χ0n) is 18.2. The minimum atomic E-state index is -0.0332. The number of guanidine groups is 1. The predicted octanol–water partition coefficient (Wildman–Crippen LogP) is 3.98. The Morgan fingerprint density at radius 1 is 1.10 bits per heavy atom. The van der Waals surface area contributed by atoms with Gasteiger partial charge in [0, 0.05) is 48.8 Å². The summed E-state index contributed by atoms with van der Waals surface area (Å²) in [4.78, 5) is 19.4. The van der Waals surface area contributed by atoms with Crippen molar-refractivity contribution >= 4 is 28.5 Å². The molecule has 0 saturated carbocycles. The van der Waals surface area contributed by atoms with E-state index < -0.39 is 0 Å². The van der Waals surface area contributed by atoms with Gasteiger partial charge >= 0.3 is 0 Å². The molecular weight excluding hydrogens is 374 g/mol. The van der Waals surface area contributed by atoms with Crippen LogP contribution < -0.4 is 16.0 Å². The molecule has 0 saturated heterocycles. The molecule has 30 heavy (non-hydrogen) atoms. The third-order valence-corrected chi connectivity index (χ3v) is 5.04.